The smallest absolute Gasteiger partial charge is 0.326 e. The molecule has 1 unspecified atom stereocenters. The van der Waals surface area contributed by atoms with Crippen LogP contribution in [-0.4, -0.2) is 40.0 Å². The molecule has 0 radical (unpaired) electrons. The summed E-state index contributed by atoms with van der Waals surface area (Å²) in [6, 6.07) is -0.697. The molecule has 0 spiro atoms. The second-order valence-corrected chi connectivity index (χ2v) is 4.71. The van der Waals surface area contributed by atoms with Gasteiger partial charge >= 0.3 is 5.97 Å². The highest BCUT2D eigenvalue weighted by Gasteiger charge is 2.40. The summed E-state index contributed by atoms with van der Waals surface area (Å²) in [7, 11) is 0. The number of aliphatic carboxylic acids is 1. The number of likely N-dealkylation sites (tertiary alicyclic amines) is 1. The minimum atomic E-state index is -0.924. The van der Waals surface area contributed by atoms with E-state index in [0.717, 1.165) is 12.8 Å². The summed E-state index contributed by atoms with van der Waals surface area (Å²) < 4.78 is 0. The van der Waals surface area contributed by atoms with Gasteiger partial charge in [-0.3, -0.25) is 4.79 Å². The molecule has 1 heterocycles. The number of amides is 1. The predicted octanol–water partition coefficient (Wildman–Crippen LogP) is 0.970. The molecule has 98 valence electrons. The van der Waals surface area contributed by atoms with Crippen LogP contribution < -0.4 is 5.73 Å². The Labute approximate surface area is 102 Å². The average molecular weight is 242 g/mol. The van der Waals surface area contributed by atoms with Crippen molar-refractivity contribution >= 4 is 11.9 Å². The molecule has 0 bridgehead atoms. The molecule has 1 aliphatic heterocycles. The van der Waals surface area contributed by atoms with E-state index in [0.29, 0.717) is 25.8 Å². The van der Waals surface area contributed by atoms with Crippen molar-refractivity contribution in [3.8, 4) is 0 Å². The van der Waals surface area contributed by atoms with Gasteiger partial charge in [-0.05, 0) is 32.1 Å². The van der Waals surface area contributed by atoms with E-state index < -0.39 is 17.6 Å². The molecule has 5 nitrogen and oxygen atoms in total. The number of hydrogen-bond acceptors (Lipinski definition) is 3. The van der Waals surface area contributed by atoms with E-state index in [1.807, 2.05) is 13.8 Å². The summed E-state index contributed by atoms with van der Waals surface area (Å²) in [6.45, 7) is 4.23. The molecule has 17 heavy (non-hydrogen) atoms. The summed E-state index contributed by atoms with van der Waals surface area (Å²) in [4.78, 5) is 24.9. The number of carboxylic acid groups (broad SMARTS) is 1. The molecule has 1 rings (SSSR count). The quantitative estimate of drug-likeness (QED) is 0.769. The maximum atomic E-state index is 12.3. The van der Waals surface area contributed by atoms with Gasteiger partial charge in [0.1, 0.15) is 6.04 Å². The Hall–Kier alpha value is -1.10. The van der Waals surface area contributed by atoms with E-state index in [1.165, 1.54) is 4.90 Å². The molecule has 1 atom stereocenters. The van der Waals surface area contributed by atoms with Gasteiger partial charge in [0.05, 0.1) is 5.54 Å². The number of hydrogen-bond donors (Lipinski definition) is 2. The van der Waals surface area contributed by atoms with E-state index in [2.05, 4.69) is 0 Å². The zero-order valence-electron chi connectivity index (χ0n) is 10.6. The Balaban J connectivity index is 2.88. The molecular weight excluding hydrogens is 220 g/mol. The van der Waals surface area contributed by atoms with Crippen LogP contribution in [-0.2, 0) is 9.59 Å². The van der Waals surface area contributed by atoms with Crippen LogP contribution in [0.3, 0.4) is 0 Å². The minimum absolute atomic E-state index is 0.213. The van der Waals surface area contributed by atoms with Crippen LogP contribution >= 0.6 is 0 Å². The fraction of sp³-hybridized carbons (Fsp3) is 0.833. The number of carbonyl (C=O) groups is 2. The van der Waals surface area contributed by atoms with Gasteiger partial charge in [0, 0.05) is 6.54 Å². The van der Waals surface area contributed by atoms with Crippen molar-refractivity contribution in [3.05, 3.63) is 0 Å². The van der Waals surface area contributed by atoms with Crippen molar-refractivity contribution in [1.82, 2.24) is 4.90 Å². The van der Waals surface area contributed by atoms with Gasteiger partial charge in [0.15, 0.2) is 0 Å². The number of rotatable bonds is 4. The Morgan fingerprint density at radius 1 is 1.35 bits per heavy atom. The second-order valence-electron chi connectivity index (χ2n) is 4.71. The van der Waals surface area contributed by atoms with Gasteiger partial charge in [-0.1, -0.05) is 13.8 Å². The molecule has 3 N–H and O–H groups in total. The van der Waals surface area contributed by atoms with Gasteiger partial charge in [-0.25, -0.2) is 4.79 Å². The summed E-state index contributed by atoms with van der Waals surface area (Å²) in [5.74, 6) is -1.14. The van der Waals surface area contributed by atoms with Crippen LogP contribution in [0.1, 0.15) is 46.0 Å². The maximum Gasteiger partial charge on any atom is 0.326 e. The third-order valence-corrected chi connectivity index (χ3v) is 3.74. The number of nitrogens with two attached hydrogens (primary N) is 1. The number of carbonyl (C=O) groups excluding carboxylic acids is 1. The molecule has 0 aromatic carbocycles. The van der Waals surface area contributed by atoms with E-state index in [-0.39, 0.29) is 5.91 Å². The predicted molar refractivity (Wildman–Crippen MR) is 64.5 cm³/mol. The van der Waals surface area contributed by atoms with E-state index in [9.17, 15) is 9.59 Å². The molecule has 1 fully saturated rings. The lowest BCUT2D eigenvalue weighted by Gasteiger charge is -2.38. The normalized spacial score (nSPS) is 21.4. The van der Waals surface area contributed by atoms with E-state index >= 15 is 0 Å². The molecule has 1 aliphatic rings. The Morgan fingerprint density at radius 2 is 1.94 bits per heavy atom. The summed E-state index contributed by atoms with van der Waals surface area (Å²) in [6.07, 6.45) is 3.32. The largest absolute Gasteiger partial charge is 0.480 e. The van der Waals surface area contributed by atoms with Crippen LogP contribution in [0, 0.1) is 0 Å². The standard InChI is InChI=1S/C12H22N2O3/c1-3-12(13,4-2)11(17)14-8-6-5-7-9(14)10(15)16/h9H,3-8,13H2,1-2H3,(H,15,16). The topological polar surface area (TPSA) is 83.6 Å². The highest BCUT2D eigenvalue weighted by molar-refractivity contribution is 5.90. The fourth-order valence-electron chi connectivity index (χ4n) is 2.27. The average Bonchev–Trinajstić information content (AvgIpc) is 2.36. The van der Waals surface area contributed by atoms with Crippen LogP contribution in [0.15, 0.2) is 0 Å². The molecular formula is C12H22N2O3. The molecule has 5 heteroatoms. The highest BCUT2D eigenvalue weighted by atomic mass is 16.4. The summed E-state index contributed by atoms with van der Waals surface area (Å²) in [5.41, 5.74) is 5.14. The first-order valence-corrected chi connectivity index (χ1v) is 6.29. The first kappa shape index (κ1) is 14.0. The fourth-order valence-corrected chi connectivity index (χ4v) is 2.27. The number of nitrogens with zero attached hydrogens (tertiary/aromatic N) is 1. The molecule has 0 aliphatic carbocycles. The zero-order chi connectivity index (χ0) is 13.1. The third-order valence-electron chi connectivity index (χ3n) is 3.74. The van der Waals surface area contributed by atoms with Crippen molar-refractivity contribution < 1.29 is 14.7 Å². The molecule has 0 aromatic rings. The zero-order valence-corrected chi connectivity index (χ0v) is 10.6. The second kappa shape index (κ2) is 5.49. The van der Waals surface area contributed by atoms with E-state index in [1.54, 1.807) is 0 Å². The lowest BCUT2D eigenvalue weighted by atomic mass is 9.90. The number of carboxylic acids is 1. The molecule has 0 saturated carbocycles. The lowest BCUT2D eigenvalue weighted by molar-refractivity contribution is -0.154. The lowest BCUT2D eigenvalue weighted by Crippen LogP contribution is -2.59. The van der Waals surface area contributed by atoms with Gasteiger partial charge in [-0.15, -0.1) is 0 Å². The minimum Gasteiger partial charge on any atom is -0.480 e. The summed E-state index contributed by atoms with van der Waals surface area (Å²) >= 11 is 0. The van der Waals surface area contributed by atoms with Crippen molar-refractivity contribution in [2.75, 3.05) is 6.54 Å². The first-order valence-electron chi connectivity index (χ1n) is 6.29. The number of piperidine rings is 1. The third kappa shape index (κ3) is 2.77. The highest BCUT2D eigenvalue weighted by Crippen LogP contribution is 2.23. The molecule has 1 amide bonds. The Bertz CT molecular complexity index is 300. The molecule has 0 aromatic heterocycles. The van der Waals surface area contributed by atoms with Gasteiger partial charge in [0.2, 0.25) is 5.91 Å². The van der Waals surface area contributed by atoms with Crippen molar-refractivity contribution in [3.63, 3.8) is 0 Å². The van der Waals surface area contributed by atoms with Crippen molar-refractivity contribution in [1.29, 1.82) is 0 Å². The van der Waals surface area contributed by atoms with Gasteiger partial charge in [0.25, 0.3) is 0 Å². The Kier molecular flexibility index (Phi) is 4.51. The van der Waals surface area contributed by atoms with Crippen molar-refractivity contribution in [2.24, 2.45) is 5.73 Å². The van der Waals surface area contributed by atoms with Crippen LogP contribution in [0.5, 0.6) is 0 Å². The maximum absolute atomic E-state index is 12.3. The van der Waals surface area contributed by atoms with Gasteiger partial charge in [-0.2, -0.15) is 0 Å². The van der Waals surface area contributed by atoms with Crippen molar-refractivity contribution in [2.45, 2.75) is 57.5 Å². The Morgan fingerprint density at radius 3 is 2.41 bits per heavy atom. The summed E-state index contributed by atoms with van der Waals surface area (Å²) in [5, 5.41) is 9.13. The monoisotopic (exact) mass is 242 g/mol. The molecule has 1 saturated heterocycles. The van der Waals surface area contributed by atoms with E-state index in [4.69, 9.17) is 10.8 Å². The van der Waals surface area contributed by atoms with Crippen LogP contribution in [0.25, 0.3) is 0 Å². The van der Waals surface area contributed by atoms with Crippen LogP contribution in [0.4, 0.5) is 0 Å². The SMILES string of the molecule is CCC(N)(CC)C(=O)N1CCCCC1C(=O)O. The van der Waals surface area contributed by atoms with Gasteiger partial charge < -0.3 is 15.7 Å². The first-order chi connectivity index (χ1) is 7.96. The van der Waals surface area contributed by atoms with Crippen LogP contribution in [0.2, 0.25) is 0 Å².